The molecule has 0 N–H and O–H groups in total. The van der Waals surface area contributed by atoms with Gasteiger partial charge in [0.1, 0.15) is 5.41 Å². The van der Waals surface area contributed by atoms with Gasteiger partial charge in [0, 0.05) is 0 Å². The second-order valence-corrected chi connectivity index (χ2v) is 3.30. The first kappa shape index (κ1) is 9.71. The van der Waals surface area contributed by atoms with Crippen LogP contribution in [0.4, 0.5) is 0 Å². The monoisotopic (exact) mass is 180 g/mol. The molecule has 1 atom stereocenters. The van der Waals surface area contributed by atoms with Crippen molar-refractivity contribution in [3.8, 4) is 0 Å². The molecule has 0 spiro atoms. The molecule has 0 aromatic carbocycles. The number of methoxy groups -OCH3 is 1. The van der Waals surface area contributed by atoms with Crippen LogP contribution in [0.2, 0.25) is 0 Å². The maximum Gasteiger partial charge on any atom is 0.319 e. The summed E-state index contributed by atoms with van der Waals surface area (Å²) in [5.74, 6) is -0.406. The van der Waals surface area contributed by atoms with Crippen molar-refractivity contribution in [3.63, 3.8) is 0 Å². The molecule has 0 saturated carbocycles. The fraction of sp³-hybridized carbons (Fsp3) is 0.400. The molecular weight excluding hydrogens is 168 g/mol. The van der Waals surface area contributed by atoms with Crippen LogP contribution in [0.15, 0.2) is 23.8 Å². The molecule has 0 aromatic heterocycles. The summed E-state index contributed by atoms with van der Waals surface area (Å²) in [5, 5.41) is 0. The number of rotatable bonds is 1. The number of hydrogen-bond acceptors (Lipinski definition) is 3. The Morgan fingerprint density at radius 3 is 2.62 bits per heavy atom. The minimum Gasteiger partial charge on any atom is -0.468 e. The van der Waals surface area contributed by atoms with Crippen LogP contribution in [0.5, 0.6) is 0 Å². The molecule has 0 amide bonds. The maximum absolute atomic E-state index is 11.3. The highest BCUT2D eigenvalue weighted by molar-refractivity contribution is 6.06. The number of esters is 1. The Morgan fingerprint density at radius 2 is 2.15 bits per heavy atom. The Kier molecular flexibility index (Phi) is 2.36. The second kappa shape index (κ2) is 3.17. The summed E-state index contributed by atoms with van der Waals surface area (Å²) < 4.78 is 4.63. The summed E-state index contributed by atoms with van der Waals surface area (Å²) >= 11 is 0. The Hall–Kier alpha value is -1.38. The van der Waals surface area contributed by atoms with E-state index >= 15 is 0 Å². The molecule has 0 aliphatic heterocycles. The molecule has 0 radical (unpaired) electrons. The molecule has 0 saturated heterocycles. The van der Waals surface area contributed by atoms with Crippen LogP contribution in [0, 0.1) is 5.41 Å². The van der Waals surface area contributed by atoms with Gasteiger partial charge in [-0.2, -0.15) is 0 Å². The average Bonchev–Trinajstić information content (AvgIpc) is 2.11. The van der Waals surface area contributed by atoms with Crippen molar-refractivity contribution >= 4 is 11.8 Å². The molecule has 0 bridgehead atoms. The molecule has 1 aliphatic rings. The van der Waals surface area contributed by atoms with Gasteiger partial charge in [0.05, 0.1) is 7.11 Å². The van der Waals surface area contributed by atoms with Crippen LogP contribution in [0.25, 0.3) is 0 Å². The van der Waals surface area contributed by atoms with Gasteiger partial charge in [-0.15, -0.1) is 0 Å². The van der Waals surface area contributed by atoms with Gasteiger partial charge in [-0.05, 0) is 25.5 Å². The molecule has 3 heteroatoms. The largest absolute Gasteiger partial charge is 0.468 e. The summed E-state index contributed by atoms with van der Waals surface area (Å²) in [5.41, 5.74) is -0.206. The highest BCUT2D eigenvalue weighted by Gasteiger charge is 2.32. The van der Waals surface area contributed by atoms with E-state index in [0.29, 0.717) is 5.57 Å². The van der Waals surface area contributed by atoms with E-state index in [1.165, 1.54) is 13.2 Å². The number of ketones is 1. The first-order valence-electron chi connectivity index (χ1n) is 4.01. The lowest BCUT2D eigenvalue weighted by Gasteiger charge is -2.22. The maximum atomic E-state index is 11.3. The number of ether oxygens (including phenoxy) is 1. The van der Waals surface area contributed by atoms with Crippen molar-refractivity contribution in [2.45, 2.75) is 13.8 Å². The Labute approximate surface area is 77.1 Å². The van der Waals surface area contributed by atoms with E-state index in [0.717, 1.165) is 0 Å². The van der Waals surface area contributed by atoms with Gasteiger partial charge in [0.25, 0.3) is 0 Å². The number of carbonyl (C=O) groups is 2. The molecule has 0 aromatic rings. The zero-order valence-electron chi connectivity index (χ0n) is 7.96. The van der Waals surface area contributed by atoms with Gasteiger partial charge < -0.3 is 4.74 Å². The molecule has 70 valence electrons. The third kappa shape index (κ3) is 1.69. The van der Waals surface area contributed by atoms with Crippen molar-refractivity contribution in [3.05, 3.63) is 23.8 Å². The molecule has 0 fully saturated rings. The molecular formula is C10H12O3. The van der Waals surface area contributed by atoms with Crippen molar-refractivity contribution < 1.29 is 14.3 Å². The quantitative estimate of drug-likeness (QED) is 0.570. The van der Waals surface area contributed by atoms with Crippen LogP contribution < -0.4 is 0 Å². The van der Waals surface area contributed by atoms with Gasteiger partial charge in [-0.25, -0.2) is 0 Å². The summed E-state index contributed by atoms with van der Waals surface area (Å²) in [7, 11) is 1.33. The SMILES string of the molecule is COC(=O)C1(C)C=CC(=O)C(C)=C1. The lowest BCUT2D eigenvalue weighted by molar-refractivity contribution is -0.146. The van der Waals surface area contributed by atoms with E-state index in [-0.39, 0.29) is 11.8 Å². The van der Waals surface area contributed by atoms with Gasteiger partial charge in [0.2, 0.25) is 0 Å². The van der Waals surface area contributed by atoms with E-state index in [4.69, 9.17) is 0 Å². The molecule has 1 aliphatic carbocycles. The summed E-state index contributed by atoms with van der Waals surface area (Å²) in [4.78, 5) is 22.4. The van der Waals surface area contributed by atoms with E-state index in [9.17, 15) is 9.59 Å². The van der Waals surface area contributed by atoms with Gasteiger partial charge >= 0.3 is 5.97 Å². The van der Waals surface area contributed by atoms with Crippen molar-refractivity contribution in [1.29, 1.82) is 0 Å². The fourth-order valence-corrected chi connectivity index (χ4v) is 1.30. The normalized spacial score (nSPS) is 27.0. The van der Waals surface area contributed by atoms with E-state index in [2.05, 4.69) is 4.74 Å². The zero-order chi connectivity index (χ0) is 10.1. The summed E-state index contributed by atoms with van der Waals surface area (Å²) in [6.07, 6.45) is 4.60. The predicted molar refractivity (Wildman–Crippen MR) is 48.0 cm³/mol. The van der Waals surface area contributed by atoms with Crippen molar-refractivity contribution in [2.75, 3.05) is 7.11 Å². The highest BCUT2D eigenvalue weighted by Crippen LogP contribution is 2.27. The average molecular weight is 180 g/mol. The highest BCUT2D eigenvalue weighted by atomic mass is 16.5. The third-order valence-corrected chi connectivity index (χ3v) is 2.11. The Balaban J connectivity index is 3.02. The molecule has 3 nitrogen and oxygen atoms in total. The third-order valence-electron chi connectivity index (χ3n) is 2.11. The van der Waals surface area contributed by atoms with Gasteiger partial charge in [-0.3, -0.25) is 9.59 Å². The number of carbonyl (C=O) groups excluding carboxylic acids is 2. The molecule has 13 heavy (non-hydrogen) atoms. The number of hydrogen-bond donors (Lipinski definition) is 0. The topological polar surface area (TPSA) is 43.4 Å². The van der Waals surface area contributed by atoms with E-state index in [1.807, 2.05) is 0 Å². The first-order valence-corrected chi connectivity index (χ1v) is 4.01. The van der Waals surface area contributed by atoms with Crippen molar-refractivity contribution in [2.24, 2.45) is 5.41 Å². The van der Waals surface area contributed by atoms with Gasteiger partial charge in [0.15, 0.2) is 5.78 Å². The summed E-state index contributed by atoms with van der Waals surface area (Å²) in [6, 6.07) is 0. The van der Waals surface area contributed by atoms with Crippen LogP contribution in [0.1, 0.15) is 13.8 Å². The van der Waals surface area contributed by atoms with Crippen molar-refractivity contribution in [1.82, 2.24) is 0 Å². The molecule has 1 unspecified atom stereocenters. The lowest BCUT2D eigenvalue weighted by atomic mass is 9.83. The zero-order valence-corrected chi connectivity index (χ0v) is 7.96. The van der Waals surface area contributed by atoms with Crippen LogP contribution >= 0.6 is 0 Å². The van der Waals surface area contributed by atoms with Crippen LogP contribution in [0.3, 0.4) is 0 Å². The Bertz CT molecular complexity index is 312. The minimum absolute atomic E-state index is 0.0543. The minimum atomic E-state index is -0.785. The standard InChI is InChI=1S/C10H12O3/c1-7-6-10(2,9(12)13-3)5-4-8(7)11/h4-6H,1-3H3. The van der Waals surface area contributed by atoms with E-state index in [1.54, 1.807) is 26.0 Å². The molecule has 0 heterocycles. The van der Waals surface area contributed by atoms with Crippen LogP contribution in [-0.4, -0.2) is 18.9 Å². The predicted octanol–water partition coefficient (Wildman–Crippen LogP) is 1.25. The van der Waals surface area contributed by atoms with Crippen LogP contribution in [-0.2, 0) is 14.3 Å². The first-order chi connectivity index (χ1) is 5.99. The molecule has 1 rings (SSSR count). The smallest absolute Gasteiger partial charge is 0.319 e. The van der Waals surface area contributed by atoms with E-state index < -0.39 is 5.41 Å². The second-order valence-electron chi connectivity index (χ2n) is 3.30. The fourth-order valence-electron chi connectivity index (χ4n) is 1.30. The summed E-state index contributed by atoms with van der Waals surface area (Å²) in [6.45, 7) is 3.40. The Morgan fingerprint density at radius 1 is 1.54 bits per heavy atom. The lowest BCUT2D eigenvalue weighted by Crippen LogP contribution is -2.28. The van der Waals surface area contributed by atoms with Gasteiger partial charge in [-0.1, -0.05) is 12.2 Å². The number of allylic oxidation sites excluding steroid dienone is 2.